The van der Waals surface area contributed by atoms with E-state index in [2.05, 4.69) is 19.5 Å². The summed E-state index contributed by atoms with van der Waals surface area (Å²) in [7, 11) is 0. The zero-order valence-corrected chi connectivity index (χ0v) is 22.8. The van der Waals surface area contributed by atoms with E-state index >= 15 is 0 Å². The third-order valence-corrected chi connectivity index (χ3v) is 7.60. The highest BCUT2D eigenvalue weighted by atomic mass is 19.2. The molecule has 0 bridgehead atoms. The minimum absolute atomic E-state index is 0.0955. The summed E-state index contributed by atoms with van der Waals surface area (Å²) in [6, 6.07) is 19.2. The molecule has 0 N–H and O–H groups in total. The maximum absolute atomic E-state index is 14.7. The quantitative estimate of drug-likeness (QED) is 0.0877. The van der Waals surface area contributed by atoms with Gasteiger partial charge in [0.05, 0.1) is 43.5 Å². The Morgan fingerprint density at radius 3 is 1.78 bits per heavy atom. The van der Waals surface area contributed by atoms with Crippen LogP contribution in [0, 0.1) is 77.1 Å². The van der Waals surface area contributed by atoms with Gasteiger partial charge in [-0.2, -0.15) is 14.0 Å². The highest BCUT2D eigenvalue weighted by molar-refractivity contribution is 6.24. The van der Waals surface area contributed by atoms with Crippen LogP contribution in [0.4, 0.5) is 17.6 Å². The van der Waals surface area contributed by atoms with E-state index < -0.39 is 29.1 Å². The Balaban J connectivity index is 1.62. The van der Waals surface area contributed by atoms with Gasteiger partial charge in [0.1, 0.15) is 5.69 Å². The lowest BCUT2D eigenvalue weighted by Crippen LogP contribution is -2.03. The molecule has 0 radical (unpaired) electrons. The molecule has 0 amide bonds. The zero-order valence-electron chi connectivity index (χ0n) is 22.8. The smallest absolute Gasteiger partial charge is 0.237 e. The third kappa shape index (κ3) is 4.03. The summed E-state index contributed by atoms with van der Waals surface area (Å²) < 4.78 is 56.3. The van der Waals surface area contributed by atoms with Crippen LogP contribution in [0.3, 0.4) is 0 Å². The van der Waals surface area contributed by atoms with E-state index in [1.165, 1.54) is 30.3 Å². The normalized spacial score (nSPS) is 14.4. The Morgan fingerprint density at radius 1 is 0.630 bits per heavy atom. The molecular formula is C35H9F4N7. The van der Waals surface area contributed by atoms with E-state index in [-0.39, 0.29) is 50.5 Å². The maximum Gasteiger partial charge on any atom is 0.270 e. The summed E-state index contributed by atoms with van der Waals surface area (Å²) in [4.78, 5) is 13.7. The number of pyridine rings is 1. The first-order valence-corrected chi connectivity index (χ1v) is 12.9. The van der Waals surface area contributed by atoms with Crippen LogP contribution in [0.2, 0.25) is 0 Å². The number of fused-ring (bicyclic) bond motifs is 4. The van der Waals surface area contributed by atoms with E-state index in [0.717, 1.165) is 0 Å². The van der Waals surface area contributed by atoms with Gasteiger partial charge in [-0.25, -0.2) is 38.8 Å². The van der Waals surface area contributed by atoms with E-state index in [4.69, 9.17) is 19.7 Å². The monoisotopic (exact) mass is 603 g/mol. The summed E-state index contributed by atoms with van der Waals surface area (Å²) in [6.07, 6.45) is 0. The van der Waals surface area contributed by atoms with E-state index in [1.807, 2.05) is 18.2 Å². The van der Waals surface area contributed by atoms with Crippen LogP contribution in [-0.4, -0.2) is 4.98 Å². The minimum Gasteiger partial charge on any atom is -0.237 e. The van der Waals surface area contributed by atoms with E-state index in [9.17, 15) is 33.3 Å². The van der Waals surface area contributed by atoms with Crippen LogP contribution < -0.4 is 0 Å². The number of allylic oxidation sites excluding steroid dienone is 4. The van der Waals surface area contributed by atoms with Gasteiger partial charge in [-0.15, -0.1) is 0 Å². The Hall–Kier alpha value is -7.31. The van der Waals surface area contributed by atoms with Gasteiger partial charge in [-0.05, 0) is 74.4 Å². The van der Waals surface area contributed by atoms with Crippen molar-refractivity contribution in [1.29, 1.82) is 15.8 Å². The van der Waals surface area contributed by atoms with Crippen molar-refractivity contribution in [2.75, 3.05) is 0 Å². The average Bonchev–Trinajstić information content (AvgIpc) is 3.58. The third-order valence-electron chi connectivity index (χ3n) is 7.60. The Kier molecular flexibility index (Phi) is 6.73. The largest absolute Gasteiger partial charge is 0.270 e. The van der Waals surface area contributed by atoms with Crippen molar-refractivity contribution in [3.05, 3.63) is 157 Å². The second kappa shape index (κ2) is 10.8. The fraction of sp³-hybridized carbons (Fsp3) is 0. The summed E-state index contributed by atoms with van der Waals surface area (Å²) in [6.45, 7) is 23.3. The highest BCUT2D eigenvalue weighted by Gasteiger charge is 2.33. The van der Waals surface area contributed by atoms with Gasteiger partial charge < -0.3 is 0 Å². The molecule has 0 fully saturated rings. The Morgan fingerprint density at radius 2 is 1.20 bits per heavy atom. The molecule has 0 atom stereocenters. The van der Waals surface area contributed by atoms with Crippen molar-refractivity contribution in [3.63, 3.8) is 0 Å². The first-order valence-electron chi connectivity index (χ1n) is 12.9. The van der Waals surface area contributed by atoms with Crippen LogP contribution in [0.15, 0.2) is 66.0 Å². The van der Waals surface area contributed by atoms with Crippen molar-refractivity contribution < 1.29 is 17.6 Å². The number of rotatable bonds is 2. The van der Waals surface area contributed by atoms with Crippen LogP contribution in [0.25, 0.3) is 59.3 Å². The van der Waals surface area contributed by atoms with Crippen molar-refractivity contribution >= 4 is 22.4 Å². The molecule has 1 heterocycles. The average molecular weight is 603 g/mol. The van der Waals surface area contributed by atoms with E-state index in [1.54, 1.807) is 24.3 Å². The molecule has 0 unspecified atom stereocenters. The Labute approximate surface area is 258 Å². The SMILES string of the molecule is [C-]#[N+]C1=C(c2ccc3c(c2)/C(=C(\C#N)[N+]#[C-])c2cc(-c4nc(F)c(F)c(F)c4F)ccc2-3)/C(=C(/C#N)[N+]#[C-])c2cc(C#N)ccc21. The summed E-state index contributed by atoms with van der Waals surface area (Å²) in [5.74, 6) is -7.69. The number of nitriles is 3. The molecule has 0 spiro atoms. The van der Waals surface area contributed by atoms with Gasteiger partial charge in [0.25, 0.3) is 17.3 Å². The minimum atomic E-state index is -2.07. The lowest BCUT2D eigenvalue weighted by Gasteiger charge is -2.12. The molecule has 46 heavy (non-hydrogen) atoms. The lowest BCUT2D eigenvalue weighted by atomic mass is 9.91. The molecular weight excluding hydrogens is 594 g/mol. The lowest BCUT2D eigenvalue weighted by molar-refractivity contribution is 0.393. The van der Waals surface area contributed by atoms with Gasteiger partial charge in [-0.3, -0.25) is 0 Å². The second-order valence-corrected chi connectivity index (χ2v) is 9.82. The molecule has 3 aromatic carbocycles. The van der Waals surface area contributed by atoms with Gasteiger partial charge in [0.15, 0.2) is 5.82 Å². The Bertz CT molecular complexity index is 2450. The number of aromatic nitrogens is 1. The van der Waals surface area contributed by atoms with Crippen molar-refractivity contribution in [3.8, 4) is 40.6 Å². The number of nitrogens with zero attached hydrogens (tertiary/aromatic N) is 7. The molecule has 2 aliphatic rings. The molecule has 0 saturated heterocycles. The predicted molar refractivity (Wildman–Crippen MR) is 157 cm³/mol. The first-order chi connectivity index (χ1) is 22.2. The molecule has 4 aromatic rings. The number of benzene rings is 3. The molecule has 212 valence electrons. The number of hydrogen-bond acceptors (Lipinski definition) is 4. The molecule has 11 heteroatoms. The van der Waals surface area contributed by atoms with Gasteiger partial charge in [-0.1, -0.05) is 30.3 Å². The van der Waals surface area contributed by atoms with Crippen molar-refractivity contribution in [1.82, 2.24) is 4.98 Å². The summed E-state index contributed by atoms with van der Waals surface area (Å²) in [5.41, 5.74) is 1.85. The number of halogens is 4. The first kappa shape index (κ1) is 28.8. The molecule has 6 rings (SSSR count). The fourth-order valence-corrected chi connectivity index (χ4v) is 5.69. The topological polar surface area (TPSA) is 97.3 Å². The van der Waals surface area contributed by atoms with Gasteiger partial charge in [0, 0.05) is 11.1 Å². The standard InChI is InChI=1S/C35H9F4N7/c1-43-25(14-41)28-23-11-17(27-29(26(15-42)44-2)22-10-16(13-40)4-7-21(22)34(27)45-3)5-8-19(23)20-9-6-18(12-24(20)28)33-31(37)30(36)32(38)35(39)46-33/h4-12H/b28-25-,29-26-. The number of hydrogen-bond donors (Lipinski definition) is 0. The van der Waals surface area contributed by atoms with Crippen LogP contribution in [0.5, 0.6) is 0 Å². The predicted octanol–water partition coefficient (Wildman–Crippen LogP) is 8.31. The van der Waals surface area contributed by atoms with Gasteiger partial charge >= 0.3 is 0 Å². The molecule has 2 aliphatic carbocycles. The van der Waals surface area contributed by atoms with Crippen molar-refractivity contribution in [2.24, 2.45) is 0 Å². The van der Waals surface area contributed by atoms with E-state index in [0.29, 0.717) is 33.4 Å². The van der Waals surface area contributed by atoms with Crippen molar-refractivity contribution in [2.45, 2.75) is 0 Å². The molecule has 7 nitrogen and oxygen atoms in total. The summed E-state index contributed by atoms with van der Waals surface area (Å²) >= 11 is 0. The fourth-order valence-electron chi connectivity index (χ4n) is 5.69. The molecule has 1 aromatic heterocycles. The summed E-state index contributed by atoms with van der Waals surface area (Å²) in [5, 5.41) is 29.2. The van der Waals surface area contributed by atoms with Crippen LogP contribution >= 0.6 is 0 Å². The maximum atomic E-state index is 14.7. The van der Waals surface area contributed by atoms with Crippen LogP contribution in [-0.2, 0) is 0 Å². The molecule has 0 aliphatic heterocycles. The zero-order chi connectivity index (χ0) is 32.9. The highest BCUT2D eigenvalue weighted by Crippen LogP contribution is 2.52. The van der Waals surface area contributed by atoms with Crippen LogP contribution in [0.1, 0.15) is 33.4 Å². The second-order valence-electron chi connectivity index (χ2n) is 9.82. The molecule has 0 saturated carbocycles. The van der Waals surface area contributed by atoms with Gasteiger partial charge in [0.2, 0.25) is 17.3 Å².